The minimum atomic E-state index is -0.297. The van der Waals surface area contributed by atoms with E-state index in [0.717, 1.165) is 5.56 Å². The van der Waals surface area contributed by atoms with E-state index in [0.29, 0.717) is 10.9 Å². The lowest BCUT2D eigenvalue weighted by molar-refractivity contribution is -0.123. The molecule has 0 fully saturated rings. The number of thioether (sulfide) groups is 1. The molecule has 1 aromatic carbocycles. The lowest BCUT2D eigenvalue weighted by atomic mass is 9.92. The van der Waals surface area contributed by atoms with Gasteiger partial charge in [-0.25, -0.2) is 9.98 Å². The van der Waals surface area contributed by atoms with Crippen molar-refractivity contribution in [3.8, 4) is 0 Å². The summed E-state index contributed by atoms with van der Waals surface area (Å²) in [7, 11) is 0. The van der Waals surface area contributed by atoms with Crippen LogP contribution in [0, 0.1) is 5.41 Å². The van der Waals surface area contributed by atoms with Crippen molar-refractivity contribution in [2.45, 2.75) is 26.8 Å². The van der Waals surface area contributed by atoms with Gasteiger partial charge >= 0.3 is 0 Å². The summed E-state index contributed by atoms with van der Waals surface area (Å²) >= 11 is 1.42. The Morgan fingerprint density at radius 2 is 1.95 bits per heavy atom. The number of carbonyl (C=O) groups excluding carboxylic acids is 1. The Kier molecular flexibility index (Phi) is 4.20. The molecule has 0 bridgehead atoms. The first-order valence-corrected chi connectivity index (χ1v) is 7.28. The predicted octanol–water partition coefficient (Wildman–Crippen LogP) is 3.52. The highest BCUT2D eigenvalue weighted by molar-refractivity contribution is 8.14. The number of amidine groups is 1. The summed E-state index contributed by atoms with van der Waals surface area (Å²) in [6.07, 6.45) is 1.83. The zero-order valence-electron chi connectivity index (χ0n) is 11.5. The Morgan fingerprint density at radius 3 is 2.58 bits per heavy atom. The van der Waals surface area contributed by atoms with Gasteiger partial charge in [0.2, 0.25) is 0 Å². The van der Waals surface area contributed by atoms with Crippen molar-refractivity contribution < 1.29 is 4.79 Å². The van der Waals surface area contributed by atoms with Crippen LogP contribution in [0.1, 0.15) is 32.4 Å². The standard InChI is InChI=1S/C15H18N2OS/c1-15(2,3)13(18)10-19-14-16-9-12(17-14)11-7-5-4-6-8-11/h4-9,12H,10H2,1-3H3/t12-/m0/s1. The van der Waals surface area contributed by atoms with Crippen molar-refractivity contribution in [2.24, 2.45) is 15.4 Å². The van der Waals surface area contributed by atoms with Gasteiger partial charge in [0, 0.05) is 11.6 Å². The summed E-state index contributed by atoms with van der Waals surface area (Å²) in [6.45, 7) is 5.80. The molecule has 0 spiro atoms. The second kappa shape index (κ2) is 5.70. The van der Waals surface area contributed by atoms with Crippen LogP contribution in [0.15, 0.2) is 40.3 Å². The fraction of sp³-hybridized carbons (Fsp3) is 0.400. The van der Waals surface area contributed by atoms with Gasteiger partial charge in [0.25, 0.3) is 0 Å². The van der Waals surface area contributed by atoms with E-state index in [9.17, 15) is 4.79 Å². The van der Waals surface area contributed by atoms with Crippen LogP contribution in [0.5, 0.6) is 0 Å². The third-order valence-corrected chi connectivity index (χ3v) is 3.76. The highest BCUT2D eigenvalue weighted by atomic mass is 32.2. The Bertz CT molecular complexity index is 515. The number of aliphatic imine (C=N–C) groups is 2. The molecule has 3 nitrogen and oxygen atoms in total. The molecule has 0 saturated heterocycles. The fourth-order valence-electron chi connectivity index (χ4n) is 1.55. The zero-order valence-corrected chi connectivity index (χ0v) is 12.3. The number of ketones is 1. The van der Waals surface area contributed by atoms with Gasteiger partial charge in [-0.05, 0) is 5.56 Å². The van der Waals surface area contributed by atoms with Crippen LogP contribution in [-0.4, -0.2) is 22.9 Å². The summed E-state index contributed by atoms with van der Waals surface area (Å²) < 4.78 is 0. The topological polar surface area (TPSA) is 41.8 Å². The number of rotatable bonds is 3. The van der Waals surface area contributed by atoms with Crippen molar-refractivity contribution in [3.63, 3.8) is 0 Å². The molecule has 1 aliphatic rings. The van der Waals surface area contributed by atoms with Crippen molar-refractivity contribution >= 4 is 28.9 Å². The zero-order chi connectivity index (χ0) is 13.9. The third-order valence-electron chi connectivity index (χ3n) is 2.89. The van der Waals surface area contributed by atoms with Gasteiger partial charge < -0.3 is 0 Å². The number of hydrogen-bond donors (Lipinski definition) is 0. The normalized spacial score (nSPS) is 18.5. The lowest BCUT2D eigenvalue weighted by Crippen LogP contribution is -2.22. The molecule has 0 unspecified atom stereocenters. The van der Waals surface area contributed by atoms with E-state index in [-0.39, 0.29) is 17.2 Å². The van der Waals surface area contributed by atoms with Crippen LogP contribution in [0.4, 0.5) is 0 Å². The summed E-state index contributed by atoms with van der Waals surface area (Å²) in [5.74, 6) is 0.653. The van der Waals surface area contributed by atoms with Gasteiger partial charge in [-0.15, -0.1) is 0 Å². The first-order valence-electron chi connectivity index (χ1n) is 6.30. The molecule has 19 heavy (non-hydrogen) atoms. The average Bonchev–Trinajstić information content (AvgIpc) is 2.84. The molecule has 100 valence electrons. The number of hydrogen-bond acceptors (Lipinski definition) is 4. The minimum Gasteiger partial charge on any atom is -0.298 e. The average molecular weight is 274 g/mol. The molecule has 0 radical (unpaired) electrons. The molecule has 2 rings (SSSR count). The summed E-state index contributed by atoms with van der Waals surface area (Å²) in [5.41, 5.74) is 0.832. The molecule has 1 aliphatic heterocycles. The van der Waals surface area contributed by atoms with Crippen LogP contribution in [0.25, 0.3) is 0 Å². The molecule has 4 heteroatoms. The second-order valence-electron chi connectivity index (χ2n) is 5.51. The van der Waals surface area contributed by atoms with Crippen LogP contribution in [0.3, 0.4) is 0 Å². The van der Waals surface area contributed by atoms with E-state index in [4.69, 9.17) is 0 Å². The van der Waals surface area contributed by atoms with E-state index in [1.165, 1.54) is 11.8 Å². The van der Waals surface area contributed by atoms with E-state index in [1.807, 2.05) is 57.3 Å². The summed E-state index contributed by atoms with van der Waals surface area (Å²) in [5, 5.41) is 0.700. The summed E-state index contributed by atoms with van der Waals surface area (Å²) in [4.78, 5) is 20.6. The van der Waals surface area contributed by atoms with E-state index in [2.05, 4.69) is 9.98 Å². The van der Waals surface area contributed by atoms with Crippen LogP contribution < -0.4 is 0 Å². The van der Waals surface area contributed by atoms with Gasteiger partial charge in [0.1, 0.15) is 11.8 Å². The molecular formula is C15H18N2OS. The second-order valence-corrected chi connectivity index (χ2v) is 6.45. The van der Waals surface area contributed by atoms with Crippen molar-refractivity contribution in [3.05, 3.63) is 35.9 Å². The van der Waals surface area contributed by atoms with Crippen molar-refractivity contribution in [1.82, 2.24) is 0 Å². The summed E-state index contributed by atoms with van der Waals surface area (Å²) in [6, 6.07) is 10.0. The molecule has 0 amide bonds. The molecule has 0 saturated carbocycles. The number of carbonyl (C=O) groups is 1. The monoisotopic (exact) mass is 274 g/mol. The number of benzene rings is 1. The first-order chi connectivity index (χ1) is 8.97. The van der Waals surface area contributed by atoms with Gasteiger partial charge in [-0.3, -0.25) is 4.79 Å². The predicted molar refractivity (Wildman–Crippen MR) is 82.0 cm³/mol. The van der Waals surface area contributed by atoms with Crippen LogP contribution in [-0.2, 0) is 4.79 Å². The number of Topliss-reactive ketones (excluding diaryl/α,β-unsaturated/α-hetero) is 1. The maximum Gasteiger partial charge on any atom is 0.184 e. The molecule has 1 heterocycles. The van der Waals surface area contributed by atoms with Crippen molar-refractivity contribution in [1.29, 1.82) is 0 Å². The van der Waals surface area contributed by atoms with E-state index in [1.54, 1.807) is 0 Å². The Hall–Kier alpha value is -1.42. The molecular weight excluding hydrogens is 256 g/mol. The van der Waals surface area contributed by atoms with Gasteiger partial charge in [0.05, 0.1) is 5.75 Å². The third kappa shape index (κ3) is 3.77. The smallest absolute Gasteiger partial charge is 0.184 e. The maximum atomic E-state index is 11.8. The lowest BCUT2D eigenvalue weighted by Gasteiger charge is -2.15. The molecule has 0 N–H and O–H groups in total. The quantitative estimate of drug-likeness (QED) is 0.846. The molecule has 0 aromatic heterocycles. The van der Waals surface area contributed by atoms with Gasteiger partial charge in [-0.1, -0.05) is 62.9 Å². The highest BCUT2D eigenvalue weighted by Crippen LogP contribution is 2.24. The van der Waals surface area contributed by atoms with Crippen LogP contribution in [0.2, 0.25) is 0 Å². The fourth-order valence-corrected chi connectivity index (χ4v) is 2.57. The van der Waals surface area contributed by atoms with Gasteiger partial charge in [0.15, 0.2) is 5.17 Å². The SMILES string of the molecule is CC(C)(C)C(=O)CSC1=N[C@H](c2ccccc2)C=N1. The Balaban J connectivity index is 1.94. The Labute approximate surface area is 118 Å². The first kappa shape index (κ1) is 14.0. The Morgan fingerprint density at radius 1 is 1.26 bits per heavy atom. The molecule has 0 aliphatic carbocycles. The van der Waals surface area contributed by atoms with E-state index < -0.39 is 0 Å². The maximum absolute atomic E-state index is 11.8. The minimum absolute atomic E-state index is 0.00608. The largest absolute Gasteiger partial charge is 0.298 e. The molecule has 1 atom stereocenters. The highest BCUT2D eigenvalue weighted by Gasteiger charge is 2.22. The van der Waals surface area contributed by atoms with Gasteiger partial charge in [-0.2, -0.15) is 0 Å². The van der Waals surface area contributed by atoms with Crippen molar-refractivity contribution in [2.75, 3.05) is 5.75 Å². The van der Waals surface area contributed by atoms with Crippen LogP contribution >= 0.6 is 11.8 Å². The number of nitrogens with zero attached hydrogens (tertiary/aromatic N) is 2. The molecule has 1 aromatic rings. The van der Waals surface area contributed by atoms with E-state index >= 15 is 0 Å².